The van der Waals surface area contributed by atoms with Crippen molar-refractivity contribution in [3.8, 4) is 11.1 Å². The predicted octanol–water partition coefficient (Wildman–Crippen LogP) is 2.96. The van der Waals surface area contributed by atoms with Crippen LogP contribution >= 0.6 is 0 Å². The molecule has 5 heteroatoms. The van der Waals surface area contributed by atoms with Crippen LogP contribution in [0.3, 0.4) is 0 Å². The zero-order chi connectivity index (χ0) is 11.7. The second-order valence-electron chi connectivity index (χ2n) is 3.63. The summed E-state index contributed by atoms with van der Waals surface area (Å²) in [5.41, 5.74) is 3.25. The molecule has 0 aliphatic heterocycles. The third kappa shape index (κ3) is 2.08. The van der Waals surface area contributed by atoms with Crippen molar-refractivity contribution in [3.63, 3.8) is 0 Å². The average Bonchev–Trinajstić information content (AvgIpc) is 2.64. The monoisotopic (exact) mass is 223 g/mol. The van der Waals surface area contributed by atoms with Crippen LogP contribution in [0, 0.1) is 13.8 Å². The lowest BCUT2D eigenvalue weighted by Gasteiger charge is -2.01. The van der Waals surface area contributed by atoms with E-state index in [4.69, 9.17) is 0 Å². The molecule has 0 aliphatic rings. The van der Waals surface area contributed by atoms with E-state index < -0.39 is 6.55 Å². The average molecular weight is 223 g/mol. The van der Waals surface area contributed by atoms with Crippen molar-refractivity contribution in [1.29, 1.82) is 0 Å². The van der Waals surface area contributed by atoms with Gasteiger partial charge in [-0.05, 0) is 31.5 Å². The fraction of sp³-hybridized carbons (Fsp3) is 0.273. The van der Waals surface area contributed by atoms with E-state index in [0.717, 1.165) is 17.0 Å². The Morgan fingerprint density at radius 1 is 1.12 bits per heavy atom. The van der Waals surface area contributed by atoms with Crippen molar-refractivity contribution in [2.24, 2.45) is 0 Å². The molecule has 0 fully saturated rings. The Bertz CT molecular complexity index is 485. The third-order valence-corrected chi connectivity index (χ3v) is 2.22. The molecule has 16 heavy (non-hydrogen) atoms. The third-order valence-electron chi connectivity index (χ3n) is 2.22. The summed E-state index contributed by atoms with van der Waals surface area (Å²) in [5, 5.41) is 3.60. The van der Waals surface area contributed by atoms with Gasteiger partial charge in [0, 0.05) is 23.1 Å². The molecule has 2 aromatic rings. The highest BCUT2D eigenvalue weighted by Gasteiger charge is 2.09. The highest BCUT2D eigenvalue weighted by Crippen LogP contribution is 2.21. The van der Waals surface area contributed by atoms with Gasteiger partial charge >= 0.3 is 6.55 Å². The number of hydrogen-bond donors (Lipinski definition) is 0. The number of aryl methyl sites for hydroxylation is 2. The molecule has 84 valence electrons. The van der Waals surface area contributed by atoms with Crippen molar-refractivity contribution >= 4 is 0 Å². The van der Waals surface area contributed by atoms with Crippen molar-refractivity contribution < 1.29 is 8.78 Å². The molecule has 2 aromatic heterocycles. The van der Waals surface area contributed by atoms with Gasteiger partial charge in [-0.3, -0.25) is 4.98 Å². The summed E-state index contributed by atoms with van der Waals surface area (Å²) in [4.78, 5) is 4.23. The first-order valence-corrected chi connectivity index (χ1v) is 4.84. The summed E-state index contributed by atoms with van der Waals surface area (Å²) in [6, 6.07) is 3.69. The van der Waals surface area contributed by atoms with E-state index in [2.05, 4.69) is 10.1 Å². The topological polar surface area (TPSA) is 30.7 Å². The molecule has 2 heterocycles. The lowest BCUT2D eigenvalue weighted by atomic mass is 10.1. The molecule has 0 atom stereocenters. The molecule has 0 aromatic carbocycles. The second-order valence-corrected chi connectivity index (χ2v) is 3.63. The summed E-state index contributed by atoms with van der Waals surface area (Å²) >= 11 is 0. The van der Waals surface area contributed by atoms with Crippen molar-refractivity contribution in [2.45, 2.75) is 20.4 Å². The first-order chi connectivity index (χ1) is 7.56. The maximum absolute atomic E-state index is 12.3. The molecule has 3 nitrogen and oxygen atoms in total. The van der Waals surface area contributed by atoms with Crippen LogP contribution in [0.1, 0.15) is 17.9 Å². The largest absolute Gasteiger partial charge is 0.333 e. The van der Waals surface area contributed by atoms with E-state index in [1.165, 1.54) is 12.4 Å². The lowest BCUT2D eigenvalue weighted by Crippen LogP contribution is -1.96. The van der Waals surface area contributed by atoms with Gasteiger partial charge in [0.05, 0.1) is 6.20 Å². The van der Waals surface area contributed by atoms with Gasteiger partial charge in [0.2, 0.25) is 0 Å². The highest BCUT2D eigenvalue weighted by atomic mass is 19.3. The molecule has 0 saturated carbocycles. The maximum atomic E-state index is 12.3. The summed E-state index contributed by atoms with van der Waals surface area (Å²) in [6.45, 7) is 1.14. The smallest absolute Gasteiger partial charge is 0.258 e. The Hall–Kier alpha value is -1.78. The van der Waals surface area contributed by atoms with Gasteiger partial charge in [-0.1, -0.05) is 0 Å². The molecular formula is C11H11F2N3. The Morgan fingerprint density at radius 2 is 1.75 bits per heavy atom. The zero-order valence-electron chi connectivity index (χ0n) is 8.98. The van der Waals surface area contributed by atoms with Crippen LogP contribution in [0.5, 0.6) is 0 Å². The van der Waals surface area contributed by atoms with E-state index >= 15 is 0 Å². The predicted molar refractivity (Wildman–Crippen MR) is 56.2 cm³/mol. The molecule has 0 N–H and O–H groups in total. The normalized spacial score (nSPS) is 11.1. The van der Waals surface area contributed by atoms with Gasteiger partial charge < -0.3 is 0 Å². The maximum Gasteiger partial charge on any atom is 0.333 e. The van der Waals surface area contributed by atoms with Gasteiger partial charge in [0.25, 0.3) is 0 Å². The second kappa shape index (κ2) is 4.00. The first-order valence-electron chi connectivity index (χ1n) is 4.84. The van der Waals surface area contributed by atoms with Gasteiger partial charge in [-0.15, -0.1) is 0 Å². The van der Waals surface area contributed by atoms with Gasteiger partial charge in [0.1, 0.15) is 0 Å². The van der Waals surface area contributed by atoms with E-state index in [1.807, 2.05) is 26.0 Å². The molecule has 0 spiro atoms. The van der Waals surface area contributed by atoms with Crippen molar-refractivity contribution in [2.75, 3.05) is 0 Å². The summed E-state index contributed by atoms with van der Waals surface area (Å²) < 4.78 is 25.3. The fourth-order valence-electron chi connectivity index (χ4n) is 1.59. The first kappa shape index (κ1) is 10.7. The number of nitrogens with zero attached hydrogens (tertiary/aromatic N) is 3. The number of alkyl halides is 2. The van der Waals surface area contributed by atoms with E-state index in [1.54, 1.807) is 0 Å². The van der Waals surface area contributed by atoms with Gasteiger partial charge in [0.15, 0.2) is 0 Å². The molecule has 0 unspecified atom stereocenters. The molecule has 0 amide bonds. The quantitative estimate of drug-likeness (QED) is 0.783. The van der Waals surface area contributed by atoms with Crippen LogP contribution in [-0.4, -0.2) is 14.8 Å². The summed E-state index contributed by atoms with van der Waals surface area (Å²) in [5.74, 6) is 0. The van der Waals surface area contributed by atoms with Crippen LogP contribution in [0.4, 0.5) is 8.78 Å². The van der Waals surface area contributed by atoms with E-state index in [-0.39, 0.29) is 0 Å². The van der Waals surface area contributed by atoms with Gasteiger partial charge in [-0.25, -0.2) is 4.68 Å². The fourth-order valence-corrected chi connectivity index (χ4v) is 1.59. The standard InChI is InChI=1S/C11H11F2N3/c1-7-3-9(4-8(2)15-7)10-5-14-16(6-10)11(12)13/h3-6,11H,1-2H3. The highest BCUT2D eigenvalue weighted by molar-refractivity contribution is 5.62. The summed E-state index contributed by atoms with van der Waals surface area (Å²) in [7, 11) is 0. The van der Waals surface area contributed by atoms with E-state index in [0.29, 0.717) is 10.2 Å². The molecule has 0 saturated heterocycles. The Morgan fingerprint density at radius 3 is 2.25 bits per heavy atom. The Labute approximate surface area is 91.7 Å². The molecule has 0 bridgehead atoms. The minimum atomic E-state index is -2.60. The number of rotatable bonds is 2. The molecule has 0 aliphatic carbocycles. The summed E-state index contributed by atoms with van der Waals surface area (Å²) in [6.07, 6.45) is 2.76. The van der Waals surface area contributed by atoms with Crippen LogP contribution < -0.4 is 0 Å². The van der Waals surface area contributed by atoms with Crippen LogP contribution in [0.2, 0.25) is 0 Å². The Kier molecular flexibility index (Phi) is 2.68. The van der Waals surface area contributed by atoms with Crippen molar-refractivity contribution in [1.82, 2.24) is 14.8 Å². The minimum absolute atomic E-state index is 0.639. The number of aromatic nitrogens is 3. The lowest BCUT2D eigenvalue weighted by molar-refractivity contribution is 0.0566. The van der Waals surface area contributed by atoms with Crippen LogP contribution in [0.15, 0.2) is 24.5 Å². The van der Waals surface area contributed by atoms with E-state index in [9.17, 15) is 8.78 Å². The zero-order valence-corrected chi connectivity index (χ0v) is 8.98. The van der Waals surface area contributed by atoms with Crippen LogP contribution in [0.25, 0.3) is 11.1 Å². The molecular weight excluding hydrogens is 212 g/mol. The van der Waals surface area contributed by atoms with Crippen molar-refractivity contribution in [3.05, 3.63) is 35.9 Å². The van der Waals surface area contributed by atoms with Crippen LogP contribution in [-0.2, 0) is 0 Å². The molecule has 2 rings (SSSR count). The van der Waals surface area contributed by atoms with Gasteiger partial charge in [-0.2, -0.15) is 13.9 Å². The minimum Gasteiger partial charge on any atom is -0.258 e. The molecule has 0 radical (unpaired) electrons. The SMILES string of the molecule is Cc1cc(-c2cnn(C(F)F)c2)cc(C)n1. The number of halogens is 2. The Balaban J connectivity index is 2.42. The number of hydrogen-bond acceptors (Lipinski definition) is 2. The number of pyridine rings is 1.